The van der Waals surface area contributed by atoms with Crippen LogP contribution < -0.4 is 10.1 Å². The van der Waals surface area contributed by atoms with Gasteiger partial charge >= 0.3 is 0 Å². The maximum absolute atomic E-state index is 9.24. The Morgan fingerprint density at radius 1 is 1.42 bits per heavy atom. The van der Waals surface area contributed by atoms with E-state index in [1.807, 2.05) is 0 Å². The van der Waals surface area contributed by atoms with Crippen LogP contribution in [0.5, 0.6) is 5.88 Å². The Morgan fingerprint density at radius 3 is 2.89 bits per heavy atom. The second-order valence-corrected chi connectivity index (χ2v) is 5.08. The quantitative estimate of drug-likeness (QED) is 0.825. The predicted molar refractivity (Wildman–Crippen MR) is 74.3 cm³/mol. The number of aliphatic hydroxyl groups is 1. The van der Waals surface area contributed by atoms with Crippen LogP contribution in [0.3, 0.4) is 0 Å². The molecule has 1 saturated carbocycles. The lowest BCUT2D eigenvalue weighted by atomic mass is 9.83. The molecule has 1 heterocycles. The number of rotatable bonds is 6. The van der Waals surface area contributed by atoms with Crippen LogP contribution in [0.1, 0.15) is 38.5 Å². The number of hydrogen-bond acceptors (Lipinski definition) is 5. The summed E-state index contributed by atoms with van der Waals surface area (Å²) in [4.78, 5) is 8.50. The summed E-state index contributed by atoms with van der Waals surface area (Å²) in [6.07, 6.45) is 8.78. The summed E-state index contributed by atoms with van der Waals surface area (Å²) in [5.74, 6) is 1.75. The number of aliphatic hydroxyl groups excluding tert-OH is 1. The first-order valence-electron chi connectivity index (χ1n) is 7.08. The molecule has 1 fully saturated rings. The van der Waals surface area contributed by atoms with Gasteiger partial charge in [0.25, 0.3) is 0 Å². The zero-order valence-corrected chi connectivity index (χ0v) is 11.5. The van der Waals surface area contributed by atoms with Crippen LogP contribution in [-0.4, -0.2) is 34.8 Å². The highest BCUT2D eigenvalue weighted by Gasteiger charge is 2.23. The number of ether oxygens (including phenoxy) is 1. The van der Waals surface area contributed by atoms with Crippen molar-refractivity contribution in [3.63, 3.8) is 0 Å². The molecule has 0 spiro atoms. The van der Waals surface area contributed by atoms with Crippen molar-refractivity contribution in [2.75, 3.05) is 19.0 Å². The van der Waals surface area contributed by atoms with Crippen molar-refractivity contribution in [1.29, 1.82) is 0 Å². The molecule has 1 unspecified atom stereocenters. The smallest absolute Gasteiger partial charge is 0.226 e. The minimum Gasteiger partial charge on any atom is -0.481 e. The van der Waals surface area contributed by atoms with Crippen molar-refractivity contribution in [2.45, 2.75) is 44.6 Å². The Kier molecular flexibility index (Phi) is 5.39. The van der Waals surface area contributed by atoms with Crippen molar-refractivity contribution in [1.82, 2.24) is 9.97 Å². The minimum atomic E-state index is 0.193. The molecule has 2 N–H and O–H groups in total. The normalized spacial score (nSPS) is 18.0. The Labute approximate surface area is 114 Å². The summed E-state index contributed by atoms with van der Waals surface area (Å²) in [5, 5.41) is 12.6. The van der Waals surface area contributed by atoms with Gasteiger partial charge in [0.2, 0.25) is 11.8 Å². The van der Waals surface area contributed by atoms with E-state index >= 15 is 0 Å². The van der Waals surface area contributed by atoms with Gasteiger partial charge in [0.1, 0.15) is 0 Å². The largest absolute Gasteiger partial charge is 0.481 e. The molecule has 0 saturated heterocycles. The second kappa shape index (κ2) is 7.28. The Morgan fingerprint density at radius 2 is 2.21 bits per heavy atom. The van der Waals surface area contributed by atoms with Gasteiger partial charge in [0.15, 0.2) is 0 Å². The molecule has 1 aromatic heterocycles. The molecule has 1 aliphatic carbocycles. The molecule has 19 heavy (non-hydrogen) atoms. The fourth-order valence-corrected chi connectivity index (χ4v) is 2.79. The van der Waals surface area contributed by atoms with Crippen LogP contribution >= 0.6 is 0 Å². The Balaban J connectivity index is 2.01. The van der Waals surface area contributed by atoms with Gasteiger partial charge < -0.3 is 15.2 Å². The first-order valence-corrected chi connectivity index (χ1v) is 7.08. The van der Waals surface area contributed by atoms with Crippen LogP contribution in [0.2, 0.25) is 0 Å². The van der Waals surface area contributed by atoms with E-state index in [0.29, 0.717) is 17.7 Å². The predicted octanol–water partition coefficient (Wildman–Crippen LogP) is 2.23. The Bertz CT molecular complexity index is 381. The first-order chi connectivity index (χ1) is 9.33. The van der Waals surface area contributed by atoms with Crippen LogP contribution in [0.25, 0.3) is 0 Å². The lowest BCUT2D eigenvalue weighted by molar-refractivity contribution is 0.238. The van der Waals surface area contributed by atoms with E-state index in [1.54, 1.807) is 19.4 Å². The van der Waals surface area contributed by atoms with Crippen LogP contribution in [0.4, 0.5) is 5.95 Å². The standard InChI is InChI=1S/C14H23N3O2/c1-19-13-7-9-15-14(17-13)16-12(8-10-18)11-5-3-2-4-6-11/h7,9,11-12,18H,2-6,8,10H2,1H3,(H,15,16,17). The highest BCUT2D eigenvalue weighted by molar-refractivity contribution is 5.29. The zero-order chi connectivity index (χ0) is 13.5. The molecule has 0 aliphatic heterocycles. The highest BCUT2D eigenvalue weighted by Crippen LogP contribution is 2.29. The fraction of sp³-hybridized carbons (Fsp3) is 0.714. The number of methoxy groups -OCH3 is 1. The van der Waals surface area contributed by atoms with Crippen molar-refractivity contribution in [2.24, 2.45) is 5.92 Å². The van der Waals surface area contributed by atoms with Crippen LogP contribution in [-0.2, 0) is 0 Å². The van der Waals surface area contributed by atoms with Crippen LogP contribution in [0.15, 0.2) is 12.3 Å². The number of anilines is 1. The van der Waals surface area contributed by atoms with E-state index in [1.165, 1.54) is 32.1 Å². The van der Waals surface area contributed by atoms with Gasteiger partial charge in [-0.15, -0.1) is 0 Å². The number of aromatic nitrogens is 2. The van der Waals surface area contributed by atoms with E-state index in [2.05, 4.69) is 15.3 Å². The maximum atomic E-state index is 9.24. The van der Waals surface area contributed by atoms with Crippen molar-refractivity contribution in [3.8, 4) is 5.88 Å². The molecular formula is C14H23N3O2. The zero-order valence-electron chi connectivity index (χ0n) is 11.5. The summed E-state index contributed by atoms with van der Waals surface area (Å²) >= 11 is 0. The number of hydrogen-bond donors (Lipinski definition) is 2. The van der Waals surface area contributed by atoms with E-state index in [-0.39, 0.29) is 12.6 Å². The monoisotopic (exact) mass is 265 g/mol. The molecule has 1 atom stereocenters. The van der Waals surface area contributed by atoms with Gasteiger partial charge in [-0.05, 0) is 25.2 Å². The molecule has 1 aromatic rings. The second-order valence-electron chi connectivity index (χ2n) is 5.08. The molecule has 0 aromatic carbocycles. The van der Waals surface area contributed by atoms with Gasteiger partial charge in [-0.3, -0.25) is 0 Å². The van der Waals surface area contributed by atoms with E-state index in [4.69, 9.17) is 4.74 Å². The summed E-state index contributed by atoms with van der Waals surface area (Å²) in [5.41, 5.74) is 0. The van der Waals surface area contributed by atoms with Gasteiger partial charge in [-0.1, -0.05) is 19.3 Å². The molecule has 1 aliphatic rings. The van der Waals surface area contributed by atoms with Gasteiger partial charge in [0.05, 0.1) is 7.11 Å². The molecule has 0 bridgehead atoms. The average Bonchev–Trinajstić information content (AvgIpc) is 2.48. The van der Waals surface area contributed by atoms with E-state index < -0.39 is 0 Å². The maximum Gasteiger partial charge on any atom is 0.226 e. The molecule has 0 amide bonds. The van der Waals surface area contributed by atoms with Gasteiger partial charge in [-0.2, -0.15) is 4.98 Å². The third-order valence-electron chi connectivity index (χ3n) is 3.81. The van der Waals surface area contributed by atoms with Crippen molar-refractivity contribution < 1.29 is 9.84 Å². The van der Waals surface area contributed by atoms with Gasteiger partial charge in [-0.25, -0.2) is 4.98 Å². The lowest BCUT2D eigenvalue weighted by Gasteiger charge is -2.30. The Hall–Kier alpha value is -1.36. The fourth-order valence-electron chi connectivity index (χ4n) is 2.79. The number of nitrogens with zero attached hydrogens (tertiary/aromatic N) is 2. The molecule has 0 radical (unpaired) electrons. The average molecular weight is 265 g/mol. The SMILES string of the molecule is COc1ccnc(NC(CCO)C2CCCCC2)n1. The van der Waals surface area contributed by atoms with Crippen molar-refractivity contribution in [3.05, 3.63) is 12.3 Å². The lowest BCUT2D eigenvalue weighted by Crippen LogP contribution is -2.32. The molecular weight excluding hydrogens is 242 g/mol. The summed E-state index contributed by atoms with van der Waals surface area (Å²) in [6.45, 7) is 0.193. The van der Waals surface area contributed by atoms with Gasteiger partial charge in [0, 0.05) is 24.9 Å². The molecule has 5 heteroatoms. The summed E-state index contributed by atoms with van der Waals surface area (Å²) in [7, 11) is 1.60. The molecule has 106 valence electrons. The van der Waals surface area contributed by atoms with E-state index in [9.17, 15) is 5.11 Å². The summed E-state index contributed by atoms with van der Waals surface area (Å²) in [6, 6.07) is 1.98. The molecule has 2 rings (SSSR count). The number of nitrogens with one attached hydrogen (secondary N) is 1. The third-order valence-corrected chi connectivity index (χ3v) is 3.81. The van der Waals surface area contributed by atoms with E-state index in [0.717, 1.165) is 6.42 Å². The third kappa shape index (κ3) is 4.06. The van der Waals surface area contributed by atoms with Crippen LogP contribution in [0, 0.1) is 5.92 Å². The molecule has 5 nitrogen and oxygen atoms in total. The first kappa shape index (κ1) is 14.1. The highest BCUT2D eigenvalue weighted by atomic mass is 16.5. The minimum absolute atomic E-state index is 0.193. The summed E-state index contributed by atoms with van der Waals surface area (Å²) < 4.78 is 5.10. The topological polar surface area (TPSA) is 67.3 Å². The van der Waals surface area contributed by atoms with Crippen molar-refractivity contribution >= 4 is 5.95 Å².